The summed E-state index contributed by atoms with van der Waals surface area (Å²) in [7, 11) is 1.64. The van der Waals surface area contributed by atoms with Gasteiger partial charge in [0, 0.05) is 18.4 Å². The first-order valence-corrected chi connectivity index (χ1v) is 9.29. The standard InChI is InChI=1S/C23H26O4/c1-4-15-6-8-16(9-7-15)12-18-13-17(10-11-21(18)26-3)23-22(25)20(24)14-19(5-2)27-23/h1,6-11,13,19-20,22-25H,5,12,14H2,2-3H3/t19-,20+,22-,23+/m1/s1. The Hall–Kier alpha value is -2.32. The second kappa shape index (κ2) is 8.58. The van der Waals surface area contributed by atoms with E-state index in [-0.39, 0.29) is 6.10 Å². The van der Waals surface area contributed by atoms with Crippen LogP contribution in [-0.2, 0) is 11.2 Å². The Bertz CT molecular complexity index is 806. The van der Waals surface area contributed by atoms with Gasteiger partial charge in [0.15, 0.2) is 0 Å². The molecule has 4 heteroatoms. The SMILES string of the molecule is C#Cc1ccc(Cc2cc([C@@H]3O[C@H](CC)C[C@H](O)[C@H]3O)ccc2OC)cc1. The summed E-state index contributed by atoms with van der Waals surface area (Å²) in [6, 6.07) is 13.6. The Kier molecular flexibility index (Phi) is 6.18. The minimum absolute atomic E-state index is 0.0599. The van der Waals surface area contributed by atoms with Crippen molar-refractivity contribution < 1.29 is 19.7 Å². The summed E-state index contributed by atoms with van der Waals surface area (Å²) in [4.78, 5) is 0. The molecule has 0 amide bonds. The van der Waals surface area contributed by atoms with Crippen LogP contribution in [0.2, 0.25) is 0 Å². The molecule has 0 saturated carbocycles. The van der Waals surface area contributed by atoms with Crippen LogP contribution < -0.4 is 4.74 Å². The highest BCUT2D eigenvalue weighted by molar-refractivity contribution is 5.43. The Balaban J connectivity index is 1.89. The summed E-state index contributed by atoms with van der Waals surface area (Å²) < 4.78 is 11.6. The highest BCUT2D eigenvalue weighted by atomic mass is 16.5. The number of terminal acetylenes is 1. The van der Waals surface area contributed by atoms with E-state index in [1.54, 1.807) is 7.11 Å². The van der Waals surface area contributed by atoms with Crippen LogP contribution in [-0.4, -0.2) is 35.6 Å². The van der Waals surface area contributed by atoms with E-state index in [9.17, 15) is 10.2 Å². The van der Waals surface area contributed by atoms with Gasteiger partial charge < -0.3 is 19.7 Å². The molecule has 1 heterocycles. The predicted molar refractivity (Wildman–Crippen MR) is 105 cm³/mol. The second-order valence-corrected chi connectivity index (χ2v) is 6.97. The molecule has 2 N–H and O–H groups in total. The predicted octanol–water partition coefficient (Wildman–Crippen LogP) is 3.23. The van der Waals surface area contributed by atoms with Gasteiger partial charge in [0.05, 0.1) is 19.3 Å². The van der Waals surface area contributed by atoms with Gasteiger partial charge in [-0.25, -0.2) is 0 Å². The van der Waals surface area contributed by atoms with E-state index in [4.69, 9.17) is 15.9 Å². The fourth-order valence-corrected chi connectivity index (χ4v) is 3.54. The maximum absolute atomic E-state index is 10.4. The monoisotopic (exact) mass is 366 g/mol. The molecule has 1 aliphatic rings. The van der Waals surface area contributed by atoms with Crippen molar-refractivity contribution in [1.29, 1.82) is 0 Å². The second-order valence-electron chi connectivity index (χ2n) is 6.97. The minimum Gasteiger partial charge on any atom is -0.496 e. The van der Waals surface area contributed by atoms with Crippen molar-refractivity contribution in [2.75, 3.05) is 7.11 Å². The van der Waals surface area contributed by atoms with Gasteiger partial charge in [-0.15, -0.1) is 6.42 Å². The fourth-order valence-electron chi connectivity index (χ4n) is 3.54. The zero-order valence-corrected chi connectivity index (χ0v) is 15.8. The van der Waals surface area contributed by atoms with Crippen LogP contribution in [0.5, 0.6) is 5.75 Å². The van der Waals surface area contributed by atoms with E-state index in [2.05, 4.69) is 5.92 Å². The molecule has 4 nitrogen and oxygen atoms in total. The van der Waals surface area contributed by atoms with E-state index in [0.29, 0.717) is 12.8 Å². The highest BCUT2D eigenvalue weighted by Gasteiger charge is 2.37. The molecular weight excluding hydrogens is 340 g/mol. The quantitative estimate of drug-likeness (QED) is 0.798. The number of ether oxygens (including phenoxy) is 2. The first kappa shape index (κ1) is 19.4. The third-order valence-corrected chi connectivity index (χ3v) is 5.15. The zero-order chi connectivity index (χ0) is 19.4. The molecule has 0 bridgehead atoms. The van der Waals surface area contributed by atoms with Gasteiger partial charge in [-0.05, 0) is 47.4 Å². The summed E-state index contributed by atoms with van der Waals surface area (Å²) in [6.07, 6.45) is 5.01. The Labute approximate surface area is 160 Å². The summed E-state index contributed by atoms with van der Waals surface area (Å²) in [5.74, 6) is 3.39. The molecule has 2 aromatic rings. The van der Waals surface area contributed by atoms with Gasteiger partial charge in [0.1, 0.15) is 18.0 Å². The fraction of sp³-hybridized carbons (Fsp3) is 0.391. The average Bonchev–Trinajstić information content (AvgIpc) is 2.70. The molecule has 2 aromatic carbocycles. The Morgan fingerprint density at radius 1 is 1.19 bits per heavy atom. The number of hydrogen-bond acceptors (Lipinski definition) is 4. The number of aliphatic hydroxyl groups is 2. The van der Waals surface area contributed by atoms with Crippen LogP contribution in [0, 0.1) is 12.3 Å². The third-order valence-electron chi connectivity index (χ3n) is 5.15. The molecule has 0 aromatic heterocycles. The highest BCUT2D eigenvalue weighted by Crippen LogP contribution is 2.35. The maximum Gasteiger partial charge on any atom is 0.122 e. The lowest BCUT2D eigenvalue weighted by Crippen LogP contribution is -2.43. The van der Waals surface area contributed by atoms with Crippen molar-refractivity contribution in [3.63, 3.8) is 0 Å². The van der Waals surface area contributed by atoms with Crippen molar-refractivity contribution in [3.8, 4) is 18.1 Å². The van der Waals surface area contributed by atoms with E-state index < -0.39 is 18.3 Å². The molecule has 142 valence electrons. The first-order valence-electron chi connectivity index (χ1n) is 9.29. The van der Waals surface area contributed by atoms with Gasteiger partial charge in [-0.3, -0.25) is 0 Å². The van der Waals surface area contributed by atoms with Gasteiger partial charge >= 0.3 is 0 Å². The number of aliphatic hydroxyl groups excluding tert-OH is 2. The van der Waals surface area contributed by atoms with Gasteiger partial charge in [0.2, 0.25) is 0 Å². The van der Waals surface area contributed by atoms with E-state index in [1.807, 2.05) is 49.4 Å². The Morgan fingerprint density at radius 2 is 1.93 bits per heavy atom. The first-order chi connectivity index (χ1) is 13.0. The lowest BCUT2D eigenvalue weighted by molar-refractivity contribution is -0.171. The molecule has 0 unspecified atom stereocenters. The van der Waals surface area contributed by atoms with Crippen LogP contribution in [0.1, 0.15) is 48.1 Å². The minimum atomic E-state index is -0.941. The summed E-state index contributed by atoms with van der Waals surface area (Å²) in [5, 5.41) is 20.6. The molecule has 1 fully saturated rings. The molecule has 1 aliphatic heterocycles. The summed E-state index contributed by atoms with van der Waals surface area (Å²) in [5.41, 5.74) is 3.79. The summed E-state index contributed by atoms with van der Waals surface area (Å²) >= 11 is 0. The number of rotatable bonds is 5. The number of benzene rings is 2. The average molecular weight is 366 g/mol. The molecule has 0 radical (unpaired) electrons. The van der Waals surface area contributed by atoms with E-state index >= 15 is 0 Å². The third kappa shape index (κ3) is 4.33. The lowest BCUT2D eigenvalue weighted by Gasteiger charge is -2.37. The van der Waals surface area contributed by atoms with Gasteiger partial charge in [0.25, 0.3) is 0 Å². The molecule has 0 spiro atoms. The smallest absolute Gasteiger partial charge is 0.122 e. The van der Waals surface area contributed by atoms with Crippen LogP contribution in [0.15, 0.2) is 42.5 Å². The van der Waals surface area contributed by atoms with E-state index in [0.717, 1.165) is 34.4 Å². The molecule has 0 aliphatic carbocycles. The topological polar surface area (TPSA) is 58.9 Å². The number of methoxy groups -OCH3 is 1. The Morgan fingerprint density at radius 3 is 2.56 bits per heavy atom. The number of hydrogen-bond donors (Lipinski definition) is 2. The summed E-state index contributed by atoms with van der Waals surface area (Å²) in [6.45, 7) is 2.02. The zero-order valence-electron chi connectivity index (χ0n) is 15.8. The molecule has 3 rings (SSSR count). The molecule has 1 saturated heterocycles. The van der Waals surface area contributed by atoms with Crippen molar-refractivity contribution in [2.45, 2.75) is 50.6 Å². The van der Waals surface area contributed by atoms with Crippen LogP contribution >= 0.6 is 0 Å². The normalized spacial score (nSPS) is 25.0. The van der Waals surface area contributed by atoms with E-state index in [1.165, 1.54) is 0 Å². The lowest BCUT2D eigenvalue weighted by atomic mass is 9.90. The van der Waals surface area contributed by atoms with Crippen molar-refractivity contribution in [3.05, 3.63) is 64.7 Å². The van der Waals surface area contributed by atoms with Crippen LogP contribution in [0.3, 0.4) is 0 Å². The van der Waals surface area contributed by atoms with Crippen molar-refractivity contribution in [1.82, 2.24) is 0 Å². The van der Waals surface area contributed by atoms with Gasteiger partial charge in [-0.1, -0.05) is 31.0 Å². The molecular formula is C23H26O4. The van der Waals surface area contributed by atoms with Gasteiger partial charge in [-0.2, -0.15) is 0 Å². The van der Waals surface area contributed by atoms with Crippen molar-refractivity contribution in [2.24, 2.45) is 0 Å². The van der Waals surface area contributed by atoms with Crippen molar-refractivity contribution >= 4 is 0 Å². The maximum atomic E-state index is 10.4. The van der Waals surface area contributed by atoms with Crippen LogP contribution in [0.25, 0.3) is 0 Å². The largest absolute Gasteiger partial charge is 0.496 e. The molecule has 27 heavy (non-hydrogen) atoms. The molecule has 4 atom stereocenters. The van der Waals surface area contributed by atoms with Crippen LogP contribution in [0.4, 0.5) is 0 Å².